The van der Waals surface area contributed by atoms with Crippen molar-refractivity contribution in [2.24, 2.45) is 11.7 Å². The van der Waals surface area contributed by atoms with Crippen LogP contribution >= 0.6 is 0 Å². The summed E-state index contributed by atoms with van der Waals surface area (Å²) in [6, 6.07) is 7.92. The number of hydrogen-bond donors (Lipinski definition) is 1. The summed E-state index contributed by atoms with van der Waals surface area (Å²) in [5, 5.41) is 4.07. The molecular weight excluding hydrogens is 266 g/mol. The van der Waals surface area contributed by atoms with Gasteiger partial charge in [-0.15, -0.1) is 0 Å². The Morgan fingerprint density at radius 2 is 2.19 bits per heavy atom. The fraction of sp³-hybridized carbons (Fsp3) is 0.500. The fourth-order valence-corrected chi connectivity index (χ4v) is 2.93. The first-order valence-corrected chi connectivity index (χ1v) is 7.49. The Hall–Kier alpha value is -1.88. The normalized spacial score (nSPS) is 22.2. The molecule has 1 heterocycles. The lowest BCUT2D eigenvalue weighted by atomic mass is 9.83. The summed E-state index contributed by atoms with van der Waals surface area (Å²) in [5.74, 6) is 2.52. The zero-order valence-electron chi connectivity index (χ0n) is 12.3. The minimum atomic E-state index is 0.255. The molecule has 0 saturated heterocycles. The average Bonchev–Trinajstić information content (AvgIpc) is 2.98. The number of nitrogens with zero attached hydrogens (tertiary/aromatic N) is 2. The molecule has 2 atom stereocenters. The van der Waals surface area contributed by atoms with E-state index in [0.29, 0.717) is 17.6 Å². The van der Waals surface area contributed by atoms with Crippen molar-refractivity contribution in [1.82, 2.24) is 10.1 Å². The van der Waals surface area contributed by atoms with Crippen LogP contribution in [0.25, 0.3) is 11.4 Å². The van der Waals surface area contributed by atoms with Crippen LogP contribution in [0.4, 0.5) is 0 Å². The highest BCUT2D eigenvalue weighted by atomic mass is 16.5. The Balaban J connectivity index is 1.73. The smallest absolute Gasteiger partial charge is 0.227 e. The summed E-state index contributed by atoms with van der Waals surface area (Å²) in [7, 11) is 1.64. The van der Waals surface area contributed by atoms with E-state index >= 15 is 0 Å². The maximum Gasteiger partial charge on any atom is 0.227 e. The Morgan fingerprint density at radius 3 is 3.00 bits per heavy atom. The van der Waals surface area contributed by atoms with Crippen LogP contribution < -0.4 is 10.5 Å². The first-order chi connectivity index (χ1) is 10.3. The molecular formula is C16H21N3O2. The maximum atomic E-state index is 6.18. The zero-order chi connectivity index (χ0) is 14.7. The van der Waals surface area contributed by atoms with Crippen LogP contribution in [-0.4, -0.2) is 23.3 Å². The average molecular weight is 287 g/mol. The van der Waals surface area contributed by atoms with Crippen LogP contribution in [0.3, 0.4) is 0 Å². The van der Waals surface area contributed by atoms with Gasteiger partial charge in [-0.1, -0.05) is 30.1 Å². The minimum Gasteiger partial charge on any atom is -0.497 e. The largest absolute Gasteiger partial charge is 0.497 e. The Labute approximate surface area is 124 Å². The molecule has 1 aromatic heterocycles. The summed E-state index contributed by atoms with van der Waals surface area (Å²) < 4.78 is 10.6. The van der Waals surface area contributed by atoms with E-state index in [4.69, 9.17) is 15.0 Å². The Bertz CT molecular complexity index is 597. The van der Waals surface area contributed by atoms with Gasteiger partial charge in [-0.3, -0.25) is 0 Å². The van der Waals surface area contributed by atoms with Gasteiger partial charge in [0.1, 0.15) is 5.75 Å². The van der Waals surface area contributed by atoms with Gasteiger partial charge >= 0.3 is 0 Å². The number of hydrogen-bond acceptors (Lipinski definition) is 5. The van der Waals surface area contributed by atoms with Gasteiger partial charge in [0.2, 0.25) is 11.7 Å². The molecule has 1 aromatic carbocycles. The monoisotopic (exact) mass is 287 g/mol. The van der Waals surface area contributed by atoms with Crippen molar-refractivity contribution >= 4 is 0 Å². The summed E-state index contributed by atoms with van der Waals surface area (Å²) in [6.45, 7) is 0. The second-order valence-corrected chi connectivity index (χ2v) is 5.66. The number of aromatic nitrogens is 2. The van der Waals surface area contributed by atoms with Gasteiger partial charge < -0.3 is 15.0 Å². The van der Waals surface area contributed by atoms with Gasteiger partial charge in [0.25, 0.3) is 0 Å². The molecule has 5 heteroatoms. The summed E-state index contributed by atoms with van der Waals surface area (Å²) in [5.41, 5.74) is 7.08. The van der Waals surface area contributed by atoms with Crippen LogP contribution in [0.5, 0.6) is 5.75 Å². The van der Waals surface area contributed by atoms with Crippen molar-refractivity contribution in [3.63, 3.8) is 0 Å². The summed E-state index contributed by atoms with van der Waals surface area (Å²) >= 11 is 0. The molecule has 1 aliphatic carbocycles. The summed E-state index contributed by atoms with van der Waals surface area (Å²) in [4.78, 5) is 4.50. The molecule has 1 aliphatic rings. The second kappa shape index (κ2) is 6.26. The predicted molar refractivity (Wildman–Crippen MR) is 79.9 cm³/mol. The molecule has 2 aromatic rings. The Morgan fingerprint density at radius 1 is 1.33 bits per heavy atom. The van der Waals surface area contributed by atoms with E-state index in [9.17, 15) is 0 Å². The molecule has 2 unspecified atom stereocenters. The summed E-state index contributed by atoms with van der Waals surface area (Å²) in [6.07, 6.45) is 5.50. The quantitative estimate of drug-likeness (QED) is 0.936. The first-order valence-electron chi connectivity index (χ1n) is 7.49. The van der Waals surface area contributed by atoms with E-state index < -0.39 is 0 Å². The topological polar surface area (TPSA) is 74.2 Å². The number of ether oxygens (including phenoxy) is 1. The number of rotatable bonds is 4. The van der Waals surface area contributed by atoms with Crippen LogP contribution in [-0.2, 0) is 6.42 Å². The molecule has 0 amide bonds. The van der Waals surface area contributed by atoms with Crippen molar-refractivity contribution in [2.45, 2.75) is 38.1 Å². The molecule has 21 heavy (non-hydrogen) atoms. The second-order valence-electron chi connectivity index (χ2n) is 5.66. The first kappa shape index (κ1) is 14.1. The van der Waals surface area contributed by atoms with E-state index in [1.807, 2.05) is 24.3 Å². The molecule has 2 N–H and O–H groups in total. The third-order valence-electron chi connectivity index (χ3n) is 4.20. The molecule has 0 aliphatic heterocycles. The van der Waals surface area contributed by atoms with Gasteiger partial charge in [0.15, 0.2) is 0 Å². The SMILES string of the molecule is COc1cccc(-c2noc(CC3CCCCC3N)n2)c1. The molecule has 112 valence electrons. The molecule has 1 saturated carbocycles. The fourth-order valence-electron chi connectivity index (χ4n) is 2.93. The van der Waals surface area contributed by atoms with Crippen LogP contribution in [0.15, 0.2) is 28.8 Å². The number of nitrogens with two attached hydrogens (primary N) is 1. The lowest BCUT2D eigenvalue weighted by Crippen LogP contribution is -2.34. The molecule has 0 spiro atoms. The van der Waals surface area contributed by atoms with Crippen molar-refractivity contribution in [2.75, 3.05) is 7.11 Å². The van der Waals surface area contributed by atoms with Gasteiger partial charge in [-0.2, -0.15) is 4.98 Å². The van der Waals surface area contributed by atoms with Gasteiger partial charge in [-0.25, -0.2) is 0 Å². The van der Waals surface area contributed by atoms with Crippen molar-refractivity contribution in [3.8, 4) is 17.1 Å². The van der Waals surface area contributed by atoms with Crippen molar-refractivity contribution < 1.29 is 9.26 Å². The molecule has 0 bridgehead atoms. The Kier molecular flexibility index (Phi) is 4.20. The van der Waals surface area contributed by atoms with Crippen LogP contribution in [0.1, 0.15) is 31.6 Å². The van der Waals surface area contributed by atoms with Crippen LogP contribution in [0, 0.1) is 5.92 Å². The molecule has 3 rings (SSSR count). The lowest BCUT2D eigenvalue weighted by molar-refractivity contribution is 0.273. The van der Waals surface area contributed by atoms with E-state index in [0.717, 1.165) is 30.6 Å². The molecule has 5 nitrogen and oxygen atoms in total. The maximum absolute atomic E-state index is 6.18. The third kappa shape index (κ3) is 3.24. The molecule has 0 radical (unpaired) electrons. The predicted octanol–water partition coefficient (Wildman–Crippen LogP) is 2.81. The number of benzene rings is 1. The van der Waals surface area contributed by atoms with E-state index in [1.165, 1.54) is 12.8 Å². The van der Waals surface area contributed by atoms with E-state index in [2.05, 4.69) is 10.1 Å². The molecule has 1 fully saturated rings. The van der Waals surface area contributed by atoms with Gasteiger partial charge in [-0.05, 0) is 30.9 Å². The lowest BCUT2D eigenvalue weighted by Gasteiger charge is -2.27. The van der Waals surface area contributed by atoms with Crippen molar-refractivity contribution in [3.05, 3.63) is 30.2 Å². The highest BCUT2D eigenvalue weighted by Crippen LogP contribution is 2.27. The minimum absolute atomic E-state index is 0.255. The highest BCUT2D eigenvalue weighted by molar-refractivity contribution is 5.56. The van der Waals surface area contributed by atoms with Crippen molar-refractivity contribution in [1.29, 1.82) is 0 Å². The standard InChI is InChI=1S/C16H21N3O2/c1-20-13-7-4-6-12(9-13)16-18-15(21-19-16)10-11-5-2-3-8-14(11)17/h4,6-7,9,11,14H,2-3,5,8,10,17H2,1H3. The zero-order valence-corrected chi connectivity index (χ0v) is 12.3. The third-order valence-corrected chi connectivity index (χ3v) is 4.20. The van der Waals surface area contributed by atoms with E-state index in [1.54, 1.807) is 7.11 Å². The van der Waals surface area contributed by atoms with E-state index in [-0.39, 0.29) is 6.04 Å². The van der Waals surface area contributed by atoms with Crippen LogP contribution in [0.2, 0.25) is 0 Å². The van der Waals surface area contributed by atoms with Gasteiger partial charge in [0.05, 0.1) is 7.11 Å². The van der Waals surface area contributed by atoms with Gasteiger partial charge in [0, 0.05) is 18.0 Å². The highest BCUT2D eigenvalue weighted by Gasteiger charge is 2.24. The number of methoxy groups -OCH3 is 1.